The van der Waals surface area contributed by atoms with E-state index in [9.17, 15) is 18.0 Å². The average molecular weight is 346 g/mol. The summed E-state index contributed by atoms with van der Waals surface area (Å²) in [6, 6.07) is 12.7. The molecule has 24 heavy (non-hydrogen) atoms. The van der Waals surface area contributed by atoms with Gasteiger partial charge in [-0.2, -0.15) is 0 Å². The van der Waals surface area contributed by atoms with Crippen LogP contribution in [0, 0.1) is 6.92 Å². The largest absolute Gasteiger partial charge is 0.326 e. The monoisotopic (exact) mass is 346 g/mol. The molecule has 0 fully saturated rings. The van der Waals surface area contributed by atoms with Crippen LogP contribution in [0.5, 0.6) is 0 Å². The molecule has 2 amide bonds. The molecular formula is C17H18N2O4S. The Labute approximate surface area is 140 Å². The molecular weight excluding hydrogens is 328 g/mol. The molecule has 0 aliphatic heterocycles. The number of nitrogens with one attached hydrogen (secondary N) is 2. The summed E-state index contributed by atoms with van der Waals surface area (Å²) in [6.07, 6.45) is 0. The maximum Gasteiger partial charge on any atom is 0.239 e. The van der Waals surface area contributed by atoms with Gasteiger partial charge in [-0.1, -0.05) is 17.7 Å². The Balaban J connectivity index is 2.02. The van der Waals surface area contributed by atoms with Crippen molar-refractivity contribution >= 4 is 33.0 Å². The van der Waals surface area contributed by atoms with E-state index in [2.05, 4.69) is 10.6 Å². The summed E-state index contributed by atoms with van der Waals surface area (Å²) < 4.78 is 24.4. The molecule has 0 aliphatic carbocycles. The molecule has 0 atom stereocenters. The number of sulfone groups is 1. The minimum absolute atomic E-state index is 0.115. The molecule has 0 bridgehead atoms. The third kappa shape index (κ3) is 4.92. The van der Waals surface area contributed by atoms with Crippen molar-refractivity contribution in [1.82, 2.24) is 0 Å². The number of benzene rings is 2. The first-order chi connectivity index (χ1) is 11.3. The maximum atomic E-state index is 12.2. The number of amides is 2. The molecule has 0 aliphatic rings. The number of carbonyl (C=O) groups is 2. The van der Waals surface area contributed by atoms with Crippen molar-refractivity contribution in [3.8, 4) is 0 Å². The topological polar surface area (TPSA) is 92.3 Å². The SMILES string of the molecule is CC(=O)Nc1ccc(NC(=O)CS(=O)(=O)c2ccc(C)cc2)cc1. The Morgan fingerprint density at radius 3 is 1.88 bits per heavy atom. The average Bonchev–Trinajstić information content (AvgIpc) is 2.48. The van der Waals surface area contributed by atoms with Crippen molar-refractivity contribution in [2.24, 2.45) is 0 Å². The zero-order valence-corrected chi connectivity index (χ0v) is 14.2. The van der Waals surface area contributed by atoms with Gasteiger partial charge in [-0.15, -0.1) is 0 Å². The highest BCUT2D eigenvalue weighted by Gasteiger charge is 2.19. The summed E-state index contributed by atoms with van der Waals surface area (Å²) in [6.45, 7) is 3.25. The molecule has 0 saturated heterocycles. The van der Waals surface area contributed by atoms with E-state index in [1.165, 1.54) is 19.1 Å². The summed E-state index contributed by atoms with van der Waals surface area (Å²) >= 11 is 0. The van der Waals surface area contributed by atoms with E-state index in [0.717, 1.165) is 5.56 Å². The van der Waals surface area contributed by atoms with Gasteiger partial charge in [0.05, 0.1) is 4.90 Å². The van der Waals surface area contributed by atoms with Crippen molar-refractivity contribution in [2.75, 3.05) is 16.4 Å². The van der Waals surface area contributed by atoms with Crippen LogP contribution in [0.25, 0.3) is 0 Å². The van der Waals surface area contributed by atoms with E-state index in [4.69, 9.17) is 0 Å². The van der Waals surface area contributed by atoms with Gasteiger partial charge in [-0.3, -0.25) is 9.59 Å². The second-order valence-electron chi connectivity index (χ2n) is 5.38. The smallest absolute Gasteiger partial charge is 0.239 e. The Morgan fingerprint density at radius 2 is 1.38 bits per heavy atom. The van der Waals surface area contributed by atoms with Gasteiger partial charge in [0.25, 0.3) is 0 Å². The fraction of sp³-hybridized carbons (Fsp3) is 0.176. The number of carbonyl (C=O) groups excluding carboxylic acids is 2. The molecule has 0 heterocycles. The fourth-order valence-corrected chi connectivity index (χ4v) is 3.17. The van der Waals surface area contributed by atoms with E-state index < -0.39 is 21.5 Å². The molecule has 0 radical (unpaired) electrons. The zero-order chi connectivity index (χ0) is 17.7. The van der Waals surface area contributed by atoms with Gasteiger partial charge in [0.2, 0.25) is 11.8 Å². The molecule has 0 aromatic heterocycles. The van der Waals surface area contributed by atoms with Gasteiger partial charge >= 0.3 is 0 Å². The molecule has 2 aromatic rings. The number of anilines is 2. The molecule has 0 saturated carbocycles. The van der Waals surface area contributed by atoms with Crippen molar-refractivity contribution in [3.63, 3.8) is 0 Å². The van der Waals surface area contributed by atoms with Gasteiger partial charge in [0.1, 0.15) is 5.75 Å². The Kier molecular flexibility index (Phi) is 5.35. The van der Waals surface area contributed by atoms with Crippen LogP contribution in [-0.2, 0) is 19.4 Å². The molecule has 126 valence electrons. The lowest BCUT2D eigenvalue weighted by Gasteiger charge is -2.08. The quantitative estimate of drug-likeness (QED) is 0.869. The van der Waals surface area contributed by atoms with Crippen LogP contribution in [0.4, 0.5) is 11.4 Å². The number of aryl methyl sites for hydroxylation is 1. The van der Waals surface area contributed by atoms with Crippen molar-refractivity contribution in [2.45, 2.75) is 18.7 Å². The summed E-state index contributed by atoms with van der Waals surface area (Å²) in [5, 5.41) is 5.13. The van der Waals surface area contributed by atoms with E-state index >= 15 is 0 Å². The third-order valence-electron chi connectivity index (χ3n) is 3.19. The highest BCUT2D eigenvalue weighted by Crippen LogP contribution is 2.15. The zero-order valence-electron chi connectivity index (χ0n) is 13.4. The molecule has 2 rings (SSSR count). The normalized spacial score (nSPS) is 10.9. The number of hydrogen-bond acceptors (Lipinski definition) is 4. The highest BCUT2D eigenvalue weighted by atomic mass is 32.2. The minimum Gasteiger partial charge on any atom is -0.326 e. The molecule has 0 spiro atoms. The fourth-order valence-electron chi connectivity index (χ4n) is 2.04. The summed E-state index contributed by atoms with van der Waals surface area (Å²) in [7, 11) is -3.69. The summed E-state index contributed by atoms with van der Waals surface area (Å²) in [5.41, 5.74) is 1.98. The first kappa shape index (κ1) is 17.7. The van der Waals surface area contributed by atoms with E-state index in [1.807, 2.05) is 6.92 Å². The Hall–Kier alpha value is -2.67. The molecule has 6 nitrogen and oxygen atoms in total. The van der Waals surface area contributed by atoms with Crippen LogP contribution in [0.1, 0.15) is 12.5 Å². The Morgan fingerprint density at radius 1 is 0.875 bits per heavy atom. The molecule has 0 unspecified atom stereocenters. The predicted molar refractivity (Wildman–Crippen MR) is 92.6 cm³/mol. The first-order valence-corrected chi connectivity index (χ1v) is 8.88. The standard InChI is InChI=1S/C17H18N2O4S/c1-12-3-9-16(10-4-12)24(22,23)11-17(21)19-15-7-5-14(6-8-15)18-13(2)20/h3-10H,11H2,1-2H3,(H,18,20)(H,19,21). The lowest BCUT2D eigenvalue weighted by atomic mass is 10.2. The summed E-state index contributed by atoms with van der Waals surface area (Å²) in [4.78, 5) is 23.0. The molecule has 2 aromatic carbocycles. The van der Waals surface area contributed by atoms with Gasteiger partial charge in [-0.05, 0) is 43.3 Å². The van der Waals surface area contributed by atoms with Gasteiger partial charge in [0, 0.05) is 18.3 Å². The third-order valence-corrected chi connectivity index (χ3v) is 4.82. The maximum absolute atomic E-state index is 12.2. The van der Waals surface area contributed by atoms with Gasteiger partial charge < -0.3 is 10.6 Å². The molecule has 7 heteroatoms. The lowest BCUT2D eigenvalue weighted by Crippen LogP contribution is -2.23. The van der Waals surface area contributed by atoms with Gasteiger partial charge in [-0.25, -0.2) is 8.42 Å². The minimum atomic E-state index is -3.69. The Bertz CT molecular complexity index is 841. The van der Waals surface area contributed by atoms with E-state index in [0.29, 0.717) is 11.4 Å². The van der Waals surface area contributed by atoms with E-state index in [-0.39, 0.29) is 10.8 Å². The van der Waals surface area contributed by atoms with Gasteiger partial charge in [0.15, 0.2) is 9.84 Å². The van der Waals surface area contributed by atoms with Crippen LogP contribution in [0.2, 0.25) is 0 Å². The van der Waals surface area contributed by atoms with Crippen LogP contribution in [-0.4, -0.2) is 26.0 Å². The van der Waals surface area contributed by atoms with Crippen LogP contribution < -0.4 is 10.6 Å². The van der Waals surface area contributed by atoms with Crippen molar-refractivity contribution in [3.05, 3.63) is 54.1 Å². The first-order valence-electron chi connectivity index (χ1n) is 7.23. The second-order valence-corrected chi connectivity index (χ2v) is 7.37. The van der Waals surface area contributed by atoms with Crippen LogP contribution >= 0.6 is 0 Å². The van der Waals surface area contributed by atoms with Crippen LogP contribution in [0.3, 0.4) is 0 Å². The second kappa shape index (κ2) is 7.27. The van der Waals surface area contributed by atoms with E-state index in [1.54, 1.807) is 36.4 Å². The highest BCUT2D eigenvalue weighted by molar-refractivity contribution is 7.92. The predicted octanol–water partition coefficient (Wildman–Crippen LogP) is 2.37. The number of rotatable bonds is 5. The number of hydrogen-bond donors (Lipinski definition) is 2. The van der Waals surface area contributed by atoms with Crippen molar-refractivity contribution in [1.29, 1.82) is 0 Å². The lowest BCUT2D eigenvalue weighted by molar-refractivity contribution is -0.114. The molecule has 2 N–H and O–H groups in total. The van der Waals surface area contributed by atoms with Crippen LogP contribution in [0.15, 0.2) is 53.4 Å². The summed E-state index contributed by atoms with van der Waals surface area (Å²) in [5.74, 6) is -1.46. The van der Waals surface area contributed by atoms with Crippen molar-refractivity contribution < 1.29 is 18.0 Å².